The zero-order chi connectivity index (χ0) is 12.3. The Morgan fingerprint density at radius 2 is 1.87 bits per heavy atom. The van der Waals surface area contributed by atoms with Crippen LogP contribution >= 0.6 is 0 Å². The summed E-state index contributed by atoms with van der Waals surface area (Å²) in [6.07, 6.45) is -0.716. The Kier molecular flexibility index (Phi) is 4.96. The molecule has 1 atom stereocenters. The van der Waals surface area contributed by atoms with Crippen LogP contribution in [0.3, 0.4) is 0 Å². The molecule has 4 nitrogen and oxygen atoms in total. The third-order valence-electron chi connectivity index (χ3n) is 2.87. The van der Waals surface area contributed by atoms with Gasteiger partial charge in [-0.15, -0.1) is 0 Å². The molecule has 0 aliphatic carbocycles. The SMILES string of the molecule is CC(C)(C)[Si](C)(C)OC(CO)CC(=O)O. The van der Waals surface area contributed by atoms with Gasteiger partial charge in [-0.2, -0.15) is 0 Å². The van der Waals surface area contributed by atoms with E-state index in [4.69, 9.17) is 14.6 Å². The van der Waals surface area contributed by atoms with Crippen molar-refractivity contribution in [3.63, 3.8) is 0 Å². The summed E-state index contributed by atoms with van der Waals surface area (Å²) in [6.45, 7) is 10.1. The first kappa shape index (κ1) is 14.6. The van der Waals surface area contributed by atoms with E-state index in [1.54, 1.807) is 0 Å². The van der Waals surface area contributed by atoms with E-state index in [2.05, 4.69) is 20.8 Å². The summed E-state index contributed by atoms with van der Waals surface area (Å²) < 4.78 is 5.77. The first-order valence-electron chi connectivity index (χ1n) is 5.10. The average molecular weight is 234 g/mol. The van der Waals surface area contributed by atoms with Crippen molar-refractivity contribution in [3.8, 4) is 0 Å². The van der Waals surface area contributed by atoms with Crippen LogP contribution in [0.15, 0.2) is 0 Å². The molecule has 5 heteroatoms. The van der Waals surface area contributed by atoms with Crippen LogP contribution in [-0.4, -0.2) is 37.2 Å². The molecule has 2 N–H and O–H groups in total. The number of carboxylic acids is 1. The fourth-order valence-corrected chi connectivity index (χ4v) is 2.28. The molecule has 0 fully saturated rings. The Morgan fingerprint density at radius 1 is 1.40 bits per heavy atom. The van der Waals surface area contributed by atoms with Gasteiger partial charge >= 0.3 is 5.97 Å². The second-order valence-corrected chi connectivity index (χ2v) is 10.0. The highest BCUT2D eigenvalue weighted by Gasteiger charge is 2.39. The summed E-state index contributed by atoms with van der Waals surface area (Å²) in [5, 5.41) is 17.7. The largest absolute Gasteiger partial charge is 0.481 e. The van der Waals surface area contributed by atoms with E-state index < -0.39 is 20.4 Å². The van der Waals surface area contributed by atoms with Crippen molar-refractivity contribution in [2.45, 2.75) is 51.4 Å². The van der Waals surface area contributed by atoms with Crippen LogP contribution in [0.5, 0.6) is 0 Å². The lowest BCUT2D eigenvalue weighted by atomic mass is 10.2. The van der Waals surface area contributed by atoms with Crippen LogP contribution in [-0.2, 0) is 9.22 Å². The Balaban J connectivity index is 4.47. The van der Waals surface area contributed by atoms with Gasteiger partial charge in [-0.3, -0.25) is 4.79 Å². The van der Waals surface area contributed by atoms with Gasteiger partial charge in [-0.1, -0.05) is 20.8 Å². The Bertz CT molecular complexity index is 220. The molecular formula is C10H22O4Si. The maximum atomic E-state index is 10.5. The van der Waals surface area contributed by atoms with Gasteiger partial charge in [0.2, 0.25) is 0 Å². The lowest BCUT2D eigenvalue weighted by Crippen LogP contribution is -2.45. The van der Waals surface area contributed by atoms with E-state index in [0.29, 0.717) is 0 Å². The number of rotatable bonds is 5. The van der Waals surface area contributed by atoms with Crippen molar-refractivity contribution in [3.05, 3.63) is 0 Å². The van der Waals surface area contributed by atoms with Crippen LogP contribution in [0.25, 0.3) is 0 Å². The number of carboxylic acid groups (broad SMARTS) is 1. The van der Waals surface area contributed by atoms with Crippen LogP contribution in [0.2, 0.25) is 18.1 Å². The van der Waals surface area contributed by atoms with E-state index in [0.717, 1.165) is 0 Å². The standard InChI is InChI=1S/C10H22O4Si/c1-10(2,3)15(4,5)14-8(7-11)6-9(12)13/h8,11H,6-7H2,1-5H3,(H,12,13). The molecule has 0 rings (SSSR count). The third-order valence-corrected chi connectivity index (χ3v) is 7.41. The topological polar surface area (TPSA) is 66.8 Å². The fraction of sp³-hybridized carbons (Fsp3) is 0.900. The molecule has 0 aliphatic heterocycles. The molecule has 0 aromatic carbocycles. The number of aliphatic hydroxyl groups excluding tert-OH is 1. The van der Waals surface area contributed by atoms with Gasteiger partial charge in [0, 0.05) is 0 Å². The number of aliphatic hydroxyl groups is 1. The predicted molar refractivity (Wildman–Crippen MR) is 61.4 cm³/mol. The molecule has 0 aliphatic rings. The molecule has 1 unspecified atom stereocenters. The summed E-state index contributed by atoms with van der Waals surface area (Å²) in [6, 6.07) is 0. The van der Waals surface area contributed by atoms with Gasteiger partial charge in [0.05, 0.1) is 19.1 Å². The molecule has 0 heterocycles. The van der Waals surface area contributed by atoms with Crippen molar-refractivity contribution in [1.29, 1.82) is 0 Å². The Hall–Kier alpha value is -0.393. The van der Waals surface area contributed by atoms with Crippen molar-refractivity contribution >= 4 is 14.3 Å². The van der Waals surface area contributed by atoms with Crippen LogP contribution in [0.4, 0.5) is 0 Å². The molecular weight excluding hydrogens is 212 g/mol. The van der Waals surface area contributed by atoms with E-state index in [-0.39, 0.29) is 18.1 Å². The second-order valence-electron chi connectivity index (χ2n) is 5.28. The molecule has 0 bridgehead atoms. The third kappa shape index (κ3) is 4.77. The normalized spacial score (nSPS) is 15.1. The number of aliphatic carboxylic acids is 1. The minimum atomic E-state index is -1.98. The molecule has 0 amide bonds. The van der Waals surface area contributed by atoms with Gasteiger partial charge < -0.3 is 14.6 Å². The number of carbonyl (C=O) groups is 1. The van der Waals surface area contributed by atoms with Crippen molar-refractivity contribution < 1.29 is 19.4 Å². The van der Waals surface area contributed by atoms with E-state index >= 15 is 0 Å². The van der Waals surface area contributed by atoms with Gasteiger partial charge in [0.25, 0.3) is 0 Å². The van der Waals surface area contributed by atoms with Gasteiger partial charge in [0.1, 0.15) is 0 Å². The van der Waals surface area contributed by atoms with Crippen LogP contribution in [0, 0.1) is 0 Å². The van der Waals surface area contributed by atoms with E-state index in [9.17, 15) is 4.79 Å². The highest BCUT2D eigenvalue weighted by molar-refractivity contribution is 6.74. The molecule has 0 aromatic rings. The van der Waals surface area contributed by atoms with E-state index in [1.165, 1.54) is 0 Å². The maximum Gasteiger partial charge on any atom is 0.306 e. The monoisotopic (exact) mass is 234 g/mol. The van der Waals surface area contributed by atoms with Gasteiger partial charge in [0.15, 0.2) is 8.32 Å². The van der Waals surface area contributed by atoms with Crippen LogP contribution in [0.1, 0.15) is 27.2 Å². The molecule has 15 heavy (non-hydrogen) atoms. The highest BCUT2D eigenvalue weighted by atomic mass is 28.4. The molecule has 0 saturated carbocycles. The van der Waals surface area contributed by atoms with Crippen molar-refractivity contribution in [1.82, 2.24) is 0 Å². The lowest BCUT2D eigenvalue weighted by Gasteiger charge is -2.38. The average Bonchev–Trinajstić information content (AvgIpc) is 1.99. The first-order valence-corrected chi connectivity index (χ1v) is 8.01. The second kappa shape index (κ2) is 5.09. The molecule has 0 saturated heterocycles. The highest BCUT2D eigenvalue weighted by Crippen LogP contribution is 2.37. The summed E-state index contributed by atoms with van der Waals surface area (Å²) in [5.74, 6) is -0.937. The molecule has 0 spiro atoms. The molecule has 90 valence electrons. The number of hydrogen-bond acceptors (Lipinski definition) is 3. The minimum absolute atomic E-state index is 0.0267. The Morgan fingerprint density at radius 3 is 2.13 bits per heavy atom. The predicted octanol–water partition coefficient (Wildman–Crippen LogP) is 1.84. The van der Waals surface area contributed by atoms with Crippen molar-refractivity contribution in [2.75, 3.05) is 6.61 Å². The Labute approximate surface area is 92.4 Å². The zero-order valence-corrected chi connectivity index (χ0v) is 11.2. The van der Waals surface area contributed by atoms with Gasteiger partial charge in [-0.05, 0) is 18.1 Å². The van der Waals surface area contributed by atoms with E-state index in [1.807, 2.05) is 13.1 Å². The maximum absolute atomic E-state index is 10.5. The smallest absolute Gasteiger partial charge is 0.306 e. The lowest BCUT2D eigenvalue weighted by molar-refractivity contribution is -0.139. The van der Waals surface area contributed by atoms with Crippen molar-refractivity contribution in [2.24, 2.45) is 0 Å². The molecule has 0 radical (unpaired) electrons. The summed E-state index contributed by atoms with van der Waals surface area (Å²) in [4.78, 5) is 10.5. The number of hydrogen-bond donors (Lipinski definition) is 2. The minimum Gasteiger partial charge on any atom is -0.481 e. The van der Waals surface area contributed by atoms with Gasteiger partial charge in [-0.25, -0.2) is 0 Å². The summed E-state index contributed by atoms with van der Waals surface area (Å²) in [7, 11) is -1.98. The fourth-order valence-electron chi connectivity index (χ4n) is 0.932. The van der Waals surface area contributed by atoms with Crippen LogP contribution < -0.4 is 0 Å². The molecule has 0 aromatic heterocycles. The summed E-state index contributed by atoms with van der Waals surface area (Å²) >= 11 is 0. The summed E-state index contributed by atoms with van der Waals surface area (Å²) in [5.41, 5.74) is 0. The zero-order valence-electron chi connectivity index (χ0n) is 10.2. The quantitative estimate of drug-likeness (QED) is 0.712. The first-order chi connectivity index (χ1) is 6.60.